The Morgan fingerprint density at radius 1 is 0.443 bits per heavy atom. The third-order valence-corrected chi connectivity index (χ3v) is 13.7. The Morgan fingerprint density at radius 3 is 1.57 bits per heavy atom. The zero-order valence-electron chi connectivity index (χ0n) is 39.1. The Bertz CT molecular complexity index is 3780. The van der Waals surface area contributed by atoms with Gasteiger partial charge in [-0.05, 0) is 129 Å². The molecule has 0 amide bonds. The topological polar surface area (TPSA) is 9.86 Å². The molecule has 0 N–H and O–H groups in total. The molecule has 0 unspecified atom stereocenters. The molecular formula is C68H50N2. The summed E-state index contributed by atoms with van der Waals surface area (Å²) in [4.78, 5) is 0. The van der Waals surface area contributed by atoms with Gasteiger partial charge in [-0.2, -0.15) is 0 Å². The van der Waals surface area contributed by atoms with Gasteiger partial charge in [-0.3, -0.25) is 0 Å². The van der Waals surface area contributed by atoms with Crippen LogP contribution in [0.1, 0.15) is 29.3 Å². The Hall–Kier alpha value is -8.98. The lowest BCUT2D eigenvalue weighted by Crippen LogP contribution is -2.02. The molecule has 2 aromatic heterocycles. The van der Waals surface area contributed by atoms with Crippen LogP contribution in [-0.2, 0) is 6.42 Å². The van der Waals surface area contributed by atoms with Gasteiger partial charge in [-0.1, -0.05) is 206 Å². The fourth-order valence-corrected chi connectivity index (χ4v) is 10.4. The quantitative estimate of drug-likeness (QED) is 0.121. The molecule has 2 nitrogen and oxygen atoms in total. The van der Waals surface area contributed by atoms with Gasteiger partial charge in [0.25, 0.3) is 0 Å². The van der Waals surface area contributed by atoms with Gasteiger partial charge < -0.3 is 9.13 Å². The van der Waals surface area contributed by atoms with Crippen LogP contribution >= 0.6 is 0 Å². The van der Waals surface area contributed by atoms with Crippen LogP contribution in [-0.4, -0.2) is 9.13 Å². The smallest absolute Gasteiger partial charge is 0.0541 e. The maximum atomic E-state index is 2.52. The third kappa shape index (κ3) is 7.96. The van der Waals surface area contributed by atoms with Gasteiger partial charge in [0.1, 0.15) is 0 Å². The average molecular weight is 895 g/mol. The normalized spacial score (nSPS) is 12.9. The molecule has 2 heterocycles. The second kappa shape index (κ2) is 18.6. The molecule has 0 saturated carbocycles. The average Bonchev–Trinajstić information content (AvgIpc) is 3.81. The van der Waals surface area contributed by atoms with Crippen molar-refractivity contribution in [1.82, 2.24) is 9.13 Å². The van der Waals surface area contributed by atoms with E-state index in [-0.39, 0.29) is 0 Å². The summed E-state index contributed by atoms with van der Waals surface area (Å²) in [6.07, 6.45) is 18.7. The molecule has 0 bridgehead atoms. The van der Waals surface area contributed by atoms with Crippen molar-refractivity contribution in [3.63, 3.8) is 0 Å². The maximum absolute atomic E-state index is 2.52. The molecule has 332 valence electrons. The van der Waals surface area contributed by atoms with Crippen molar-refractivity contribution in [2.24, 2.45) is 0 Å². The SMILES string of the molecule is C\C=C/C=C\C(=C\c1cccc(-c2ccccc2-n2c3c(c4cc(-c5ccccc5)ccc42)C=C(c2ccccc2)C=CC3)c1)n1c2ccc(-c3ccccc3)cc2c2cc(-c3ccccc3)ccc21. The summed E-state index contributed by atoms with van der Waals surface area (Å²) in [5.74, 6) is 0. The number of hydrogen-bond donors (Lipinski definition) is 0. The molecule has 0 radical (unpaired) electrons. The van der Waals surface area contributed by atoms with Crippen LogP contribution in [0.2, 0.25) is 0 Å². The van der Waals surface area contributed by atoms with Crippen molar-refractivity contribution >= 4 is 56.1 Å². The minimum absolute atomic E-state index is 0.801. The summed E-state index contributed by atoms with van der Waals surface area (Å²) in [5.41, 5.74) is 21.4. The van der Waals surface area contributed by atoms with Crippen LogP contribution in [0.25, 0.3) is 106 Å². The van der Waals surface area contributed by atoms with E-state index in [1.54, 1.807) is 0 Å². The first-order valence-corrected chi connectivity index (χ1v) is 24.3. The molecule has 1 aliphatic carbocycles. The third-order valence-electron chi connectivity index (χ3n) is 13.7. The van der Waals surface area contributed by atoms with Crippen LogP contribution in [0, 0.1) is 0 Å². The minimum atomic E-state index is 0.801. The van der Waals surface area contributed by atoms with Gasteiger partial charge in [0.15, 0.2) is 0 Å². The highest BCUT2D eigenvalue weighted by Gasteiger charge is 2.22. The second-order valence-corrected chi connectivity index (χ2v) is 18.0. The molecule has 0 saturated heterocycles. The van der Waals surface area contributed by atoms with Crippen LogP contribution in [0.3, 0.4) is 0 Å². The lowest BCUT2D eigenvalue weighted by atomic mass is 9.99. The van der Waals surface area contributed by atoms with Crippen molar-refractivity contribution in [3.05, 3.63) is 283 Å². The molecule has 1 aliphatic rings. The van der Waals surface area contributed by atoms with Crippen molar-refractivity contribution in [2.75, 3.05) is 0 Å². The Morgan fingerprint density at radius 2 is 0.971 bits per heavy atom. The molecule has 9 aromatic carbocycles. The molecule has 11 aromatic rings. The van der Waals surface area contributed by atoms with Crippen LogP contribution in [0.15, 0.2) is 261 Å². The number of fused-ring (bicyclic) bond motifs is 6. The second-order valence-electron chi connectivity index (χ2n) is 18.0. The minimum Gasteiger partial charge on any atom is -0.312 e. The highest BCUT2D eigenvalue weighted by molar-refractivity contribution is 6.13. The molecule has 0 atom stereocenters. The molecule has 0 spiro atoms. The predicted molar refractivity (Wildman–Crippen MR) is 300 cm³/mol. The zero-order chi connectivity index (χ0) is 46.8. The lowest BCUT2D eigenvalue weighted by molar-refractivity contribution is 1.00. The number of hydrogen-bond acceptors (Lipinski definition) is 0. The lowest BCUT2D eigenvalue weighted by Gasteiger charge is -2.16. The number of aromatic nitrogens is 2. The fourth-order valence-electron chi connectivity index (χ4n) is 10.4. The first kappa shape index (κ1) is 42.4. The van der Waals surface area contributed by atoms with Crippen molar-refractivity contribution in [1.29, 1.82) is 0 Å². The highest BCUT2D eigenvalue weighted by Crippen LogP contribution is 2.42. The molecule has 0 aliphatic heterocycles. The molecule has 2 heteroatoms. The largest absolute Gasteiger partial charge is 0.312 e. The van der Waals surface area contributed by atoms with Crippen molar-refractivity contribution in [3.8, 4) is 50.2 Å². The summed E-state index contributed by atoms with van der Waals surface area (Å²) in [7, 11) is 0. The van der Waals surface area contributed by atoms with Gasteiger partial charge in [-0.15, -0.1) is 0 Å². The van der Waals surface area contributed by atoms with Gasteiger partial charge in [0, 0.05) is 45.1 Å². The number of allylic oxidation sites excluding steroid dienone is 8. The Labute approximate surface area is 410 Å². The van der Waals surface area contributed by atoms with Crippen molar-refractivity contribution in [2.45, 2.75) is 13.3 Å². The Balaban J connectivity index is 1.02. The number of benzene rings is 9. The molecule has 12 rings (SSSR count). The van der Waals surface area contributed by atoms with E-state index in [4.69, 9.17) is 0 Å². The summed E-state index contributed by atoms with van der Waals surface area (Å²) >= 11 is 0. The van der Waals surface area contributed by atoms with Gasteiger partial charge in [-0.25, -0.2) is 0 Å². The number of rotatable bonds is 10. The molecule has 70 heavy (non-hydrogen) atoms. The van der Waals surface area contributed by atoms with E-state index < -0.39 is 0 Å². The van der Waals surface area contributed by atoms with E-state index in [9.17, 15) is 0 Å². The highest BCUT2D eigenvalue weighted by atomic mass is 15.0. The van der Waals surface area contributed by atoms with Gasteiger partial charge >= 0.3 is 0 Å². The summed E-state index contributed by atoms with van der Waals surface area (Å²) < 4.78 is 4.95. The van der Waals surface area contributed by atoms with E-state index in [0.29, 0.717) is 0 Å². The number of para-hydroxylation sites is 1. The summed E-state index contributed by atoms with van der Waals surface area (Å²) in [5, 5.41) is 3.68. The van der Waals surface area contributed by atoms with Crippen molar-refractivity contribution < 1.29 is 0 Å². The van der Waals surface area contributed by atoms with E-state index in [2.05, 4.69) is 289 Å². The van der Waals surface area contributed by atoms with Gasteiger partial charge in [0.05, 0.1) is 22.2 Å². The van der Waals surface area contributed by atoms with Crippen LogP contribution < -0.4 is 0 Å². The fraction of sp³-hybridized carbons (Fsp3) is 0.0294. The van der Waals surface area contributed by atoms with Gasteiger partial charge in [0.2, 0.25) is 0 Å². The predicted octanol–water partition coefficient (Wildman–Crippen LogP) is 18.2. The molecule has 0 fully saturated rings. The zero-order valence-corrected chi connectivity index (χ0v) is 39.1. The first-order chi connectivity index (χ1) is 34.7. The Kier molecular flexibility index (Phi) is 11.3. The number of nitrogens with zero attached hydrogens (tertiary/aromatic N) is 2. The molecular weight excluding hydrogens is 845 g/mol. The monoisotopic (exact) mass is 894 g/mol. The van der Waals surface area contributed by atoms with Crippen LogP contribution in [0.4, 0.5) is 0 Å². The van der Waals surface area contributed by atoms with E-state index in [0.717, 1.165) is 40.0 Å². The van der Waals surface area contributed by atoms with E-state index in [1.807, 2.05) is 0 Å². The standard InChI is InChI=1S/C68H50N2/c1-2-3-8-32-58(69-66-39-36-54(50-24-11-5-12-25-50)45-61(66)62-46-55(37-40-67(62)69)51-26-13-6-14-27-51)43-48-21-19-31-57(42-48)59-33-17-18-34-64(59)70-65-35-20-30-53(49-22-9-4-10-23-49)44-60(65)63-47-56(38-41-68(63)70)52-28-15-7-16-29-52/h2-34,36-47H,35H2,1H3/b3-2-,32-8-,58-43-. The summed E-state index contributed by atoms with van der Waals surface area (Å²) in [6, 6.07) is 81.7. The summed E-state index contributed by atoms with van der Waals surface area (Å²) in [6.45, 7) is 2.06. The first-order valence-electron chi connectivity index (χ1n) is 24.3. The van der Waals surface area contributed by atoms with Crippen LogP contribution in [0.5, 0.6) is 0 Å². The van der Waals surface area contributed by atoms with E-state index in [1.165, 1.54) is 83.0 Å². The van der Waals surface area contributed by atoms with E-state index >= 15 is 0 Å². The maximum Gasteiger partial charge on any atom is 0.0541 e.